The smallest absolute Gasteiger partial charge is 0.242 e. The van der Waals surface area contributed by atoms with Gasteiger partial charge in [-0.15, -0.1) is 0 Å². The first-order chi connectivity index (χ1) is 14.6. The van der Waals surface area contributed by atoms with Crippen LogP contribution in [0, 0.1) is 20.8 Å². The summed E-state index contributed by atoms with van der Waals surface area (Å²) in [7, 11) is -0.631. The van der Waals surface area contributed by atoms with Gasteiger partial charge in [-0.25, -0.2) is 17.7 Å². The van der Waals surface area contributed by atoms with Crippen LogP contribution in [0.25, 0.3) is 5.69 Å². The van der Waals surface area contributed by atoms with E-state index in [4.69, 9.17) is 0 Å². The van der Waals surface area contributed by atoms with Gasteiger partial charge >= 0.3 is 0 Å². The van der Waals surface area contributed by atoms with Gasteiger partial charge in [-0.3, -0.25) is 9.36 Å². The minimum absolute atomic E-state index is 0.135. The van der Waals surface area contributed by atoms with Crippen molar-refractivity contribution in [2.75, 3.05) is 25.2 Å². The van der Waals surface area contributed by atoms with Gasteiger partial charge in [0.1, 0.15) is 0 Å². The highest BCUT2D eigenvalue weighted by Gasteiger charge is 2.19. The highest BCUT2D eigenvalue weighted by atomic mass is 32.2. The van der Waals surface area contributed by atoms with E-state index < -0.39 is 10.0 Å². The molecule has 0 bridgehead atoms. The Balaban J connectivity index is 1.72. The maximum atomic E-state index is 12.6. The van der Waals surface area contributed by atoms with Gasteiger partial charge in [0.05, 0.1) is 10.6 Å². The lowest BCUT2D eigenvalue weighted by atomic mass is 10.1. The number of carbonyl (C=O) groups is 1. The van der Waals surface area contributed by atoms with Gasteiger partial charge in [0, 0.05) is 37.9 Å². The summed E-state index contributed by atoms with van der Waals surface area (Å²) in [5, 5.41) is 3.53. The zero-order chi connectivity index (χ0) is 22.8. The van der Waals surface area contributed by atoms with Gasteiger partial charge in [0.25, 0.3) is 0 Å². The Hall–Kier alpha value is -2.62. The Morgan fingerprint density at radius 1 is 1.06 bits per heavy atom. The SMILES string of the molecule is Cc1ccc(-n2ccnc2SCC(=O)Nc2cc(S(=O)(=O)N(C)C)ccc2C)cc1C. The molecule has 0 spiro atoms. The molecule has 7 nitrogen and oxygen atoms in total. The fourth-order valence-corrected chi connectivity index (χ4v) is 4.59. The molecule has 1 N–H and O–H groups in total. The first kappa shape index (κ1) is 23.1. The number of carbonyl (C=O) groups excluding carboxylic acids is 1. The second-order valence-electron chi connectivity index (χ2n) is 7.45. The molecular formula is C22H26N4O3S2. The van der Waals surface area contributed by atoms with E-state index in [1.807, 2.05) is 23.8 Å². The second-order valence-corrected chi connectivity index (χ2v) is 10.5. The molecule has 2 aromatic carbocycles. The molecule has 1 amide bonds. The van der Waals surface area contributed by atoms with Gasteiger partial charge in [-0.1, -0.05) is 23.9 Å². The van der Waals surface area contributed by atoms with Crippen LogP contribution in [0.5, 0.6) is 0 Å². The molecule has 0 saturated heterocycles. The molecule has 0 aliphatic carbocycles. The van der Waals surface area contributed by atoms with E-state index in [0.717, 1.165) is 15.6 Å². The quantitative estimate of drug-likeness (QED) is 0.545. The first-order valence-electron chi connectivity index (χ1n) is 9.66. The highest BCUT2D eigenvalue weighted by molar-refractivity contribution is 7.99. The number of imidazole rings is 1. The summed E-state index contributed by atoms with van der Waals surface area (Å²) in [5.41, 5.74) is 4.65. The van der Waals surface area contributed by atoms with Crippen molar-refractivity contribution in [3.63, 3.8) is 0 Å². The maximum absolute atomic E-state index is 12.6. The molecule has 0 fully saturated rings. The highest BCUT2D eigenvalue weighted by Crippen LogP contribution is 2.24. The second kappa shape index (κ2) is 9.25. The van der Waals surface area contributed by atoms with Crippen molar-refractivity contribution in [1.82, 2.24) is 13.9 Å². The third-order valence-corrected chi connectivity index (χ3v) is 7.75. The number of thioether (sulfide) groups is 1. The van der Waals surface area contributed by atoms with Crippen LogP contribution in [-0.4, -0.2) is 48.0 Å². The molecule has 1 aromatic heterocycles. The summed E-state index contributed by atoms with van der Waals surface area (Å²) in [6, 6.07) is 10.9. The maximum Gasteiger partial charge on any atom is 0.242 e. The van der Waals surface area contributed by atoms with Crippen LogP contribution in [0.3, 0.4) is 0 Å². The van der Waals surface area contributed by atoms with Crippen LogP contribution in [0.1, 0.15) is 16.7 Å². The average Bonchev–Trinajstić information content (AvgIpc) is 3.18. The van der Waals surface area contributed by atoms with E-state index >= 15 is 0 Å². The Labute approximate surface area is 187 Å². The molecule has 0 radical (unpaired) electrons. The predicted octanol–water partition coefficient (Wildman–Crippen LogP) is 3.78. The molecule has 9 heteroatoms. The van der Waals surface area contributed by atoms with Gasteiger partial charge in [-0.05, 0) is 61.7 Å². The summed E-state index contributed by atoms with van der Waals surface area (Å²) < 4.78 is 27.8. The zero-order valence-electron chi connectivity index (χ0n) is 18.2. The largest absolute Gasteiger partial charge is 0.325 e. The summed E-state index contributed by atoms with van der Waals surface area (Å²) >= 11 is 1.32. The number of aromatic nitrogens is 2. The minimum Gasteiger partial charge on any atom is -0.325 e. The van der Waals surface area contributed by atoms with E-state index in [1.54, 1.807) is 12.3 Å². The van der Waals surface area contributed by atoms with Gasteiger partial charge in [-0.2, -0.15) is 0 Å². The molecular weight excluding hydrogens is 432 g/mol. The van der Waals surface area contributed by atoms with Gasteiger partial charge in [0.2, 0.25) is 15.9 Å². The molecule has 1 heterocycles. The van der Waals surface area contributed by atoms with Crippen molar-refractivity contribution in [2.24, 2.45) is 0 Å². The Morgan fingerprint density at radius 3 is 2.45 bits per heavy atom. The number of benzene rings is 2. The van der Waals surface area contributed by atoms with E-state index in [-0.39, 0.29) is 16.6 Å². The van der Waals surface area contributed by atoms with Crippen LogP contribution in [0.15, 0.2) is 58.8 Å². The number of anilines is 1. The summed E-state index contributed by atoms with van der Waals surface area (Å²) in [6.07, 6.45) is 3.57. The number of hydrogen-bond acceptors (Lipinski definition) is 5. The topological polar surface area (TPSA) is 84.3 Å². The molecule has 0 aliphatic heterocycles. The van der Waals surface area contributed by atoms with Crippen molar-refractivity contribution >= 4 is 33.4 Å². The fourth-order valence-electron chi connectivity index (χ4n) is 2.89. The molecule has 31 heavy (non-hydrogen) atoms. The molecule has 3 aromatic rings. The van der Waals surface area contributed by atoms with Crippen molar-refractivity contribution < 1.29 is 13.2 Å². The number of sulfonamides is 1. The van der Waals surface area contributed by atoms with Crippen LogP contribution < -0.4 is 5.32 Å². The normalized spacial score (nSPS) is 11.7. The van der Waals surface area contributed by atoms with Crippen molar-refractivity contribution in [1.29, 1.82) is 0 Å². The monoisotopic (exact) mass is 458 g/mol. The molecule has 0 saturated carbocycles. The van der Waals surface area contributed by atoms with Crippen molar-refractivity contribution in [3.05, 3.63) is 65.5 Å². The lowest BCUT2D eigenvalue weighted by molar-refractivity contribution is -0.113. The summed E-state index contributed by atoms with van der Waals surface area (Å²) in [5.74, 6) is -0.0893. The Kier molecular flexibility index (Phi) is 6.88. The lowest BCUT2D eigenvalue weighted by Crippen LogP contribution is -2.22. The fraction of sp³-hybridized carbons (Fsp3) is 0.273. The van der Waals surface area contributed by atoms with Crippen molar-refractivity contribution in [3.8, 4) is 5.69 Å². The molecule has 0 atom stereocenters. The van der Waals surface area contributed by atoms with Crippen molar-refractivity contribution in [2.45, 2.75) is 30.8 Å². The first-order valence-corrected chi connectivity index (χ1v) is 12.1. The number of aryl methyl sites for hydroxylation is 3. The Bertz CT molecular complexity index is 1220. The summed E-state index contributed by atoms with van der Waals surface area (Å²) in [4.78, 5) is 17.1. The molecule has 0 unspecified atom stereocenters. The van der Waals surface area contributed by atoms with E-state index in [1.165, 1.54) is 49.1 Å². The van der Waals surface area contributed by atoms with Crippen LogP contribution in [-0.2, 0) is 14.8 Å². The predicted molar refractivity (Wildman–Crippen MR) is 124 cm³/mol. The standard InChI is InChI=1S/C22H26N4O3S2/c1-15-6-8-18(12-17(15)3)26-11-10-23-22(26)30-14-21(27)24-20-13-19(9-7-16(20)2)31(28,29)25(4)5/h6-13H,14H2,1-5H3,(H,24,27). The van der Waals surface area contributed by atoms with Gasteiger partial charge < -0.3 is 5.32 Å². The van der Waals surface area contributed by atoms with E-state index in [2.05, 4.69) is 36.3 Å². The average molecular weight is 459 g/mol. The number of nitrogens with zero attached hydrogens (tertiary/aromatic N) is 3. The van der Waals surface area contributed by atoms with Crippen LogP contribution in [0.2, 0.25) is 0 Å². The zero-order valence-corrected chi connectivity index (χ0v) is 19.8. The molecule has 164 valence electrons. The number of amides is 1. The minimum atomic E-state index is -3.58. The van der Waals surface area contributed by atoms with Crippen LogP contribution >= 0.6 is 11.8 Å². The third kappa shape index (κ3) is 5.17. The Morgan fingerprint density at radius 2 is 1.77 bits per heavy atom. The number of nitrogens with one attached hydrogen (secondary N) is 1. The molecule has 0 aliphatic rings. The third-order valence-electron chi connectivity index (χ3n) is 4.97. The van der Waals surface area contributed by atoms with Crippen LogP contribution in [0.4, 0.5) is 5.69 Å². The van der Waals surface area contributed by atoms with Gasteiger partial charge in [0.15, 0.2) is 5.16 Å². The number of hydrogen-bond donors (Lipinski definition) is 1. The lowest BCUT2D eigenvalue weighted by Gasteiger charge is -2.14. The number of rotatable bonds is 7. The summed E-state index contributed by atoms with van der Waals surface area (Å²) in [6.45, 7) is 5.94. The van der Waals surface area contributed by atoms with E-state index in [0.29, 0.717) is 10.8 Å². The van der Waals surface area contributed by atoms with E-state index in [9.17, 15) is 13.2 Å². The molecule has 3 rings (SSSR count).